The molecule has 2 unspecified atom stereocenters. The van der Waals surface area contributed by atoms with E-state index in [0.717, 1.165) is 77.2 Å². The maximum Gasteiger partial charge on any atom is 0.194 e. The first-order valence-corrected chi connectivity index (χ1v) is 11.4. The Hall–Kier alpha value is -1.57. The first-order valence-electron chi connectivity index (χ1n) is 11.4. The van der Waals surface area contributed by atoms with Crippen molar-refractivity contribution in [3.63, 3.8) is 0 Å². The molecule has 0 saturated carbocycles. The summed E-state index contributed by atoms with van der Waals surface area (Å²) in [6.07, 6.45) is 6.42. The van der Waals surface area contributed by atoms with Gasteiger partial charge >= 0.3 is 0 Å². The van der Waals surface area contributed by atoms with Crippen molar-refractivity contribution in [2.75, 3.05) is 65.6 Å². The molecule has 4 rings (SSSR count). The quantitative estimate of drug-likeness (QED) is 0.552. The molecule has 29 heavy (non-hydrogen) atoms. The van der Waals surface area contributed by atoms with Gasteiger partial charge in [-0.15, -0.1) is 0 Å². The summed E-state index contributed by atoms with van der Waals surface area (Å²) >= 11 is 0. The zero-order valence-electron chi connectivity index (χ0n) is 17.9. The van der Waals surface area contributed by atoms with E-state index in [4.69, 9.17) is 14.1 Å². The SMILES string of the molecule is CCN1CCCC1CN=C(NCCc1ccco1)N1CCC(N2CCOCC2)C1. The van der Waals surface area contributed by atoms with Crippen molar-refractivity contribution in [1.82, 2.24) is 20.0 Å². The number of furan rings is 1. The smallest absolute Gasteiger partial charge is 0.194 e. The van der Waals surface area contributed by atoms with E-state index < -0.39 is 0 Å². The van der Waals surface area contributed by atoms with E-state index in [1.54, 1.807) is 6.26 Å². The van der Waals surface area contributed by atoms with Gasteiger partial charge < -0.3 is 19.4 Å². The largest absolute Gasteiger partial charge is 0.469 e. The van der Waals surface area contributed by atoms with Gasteiger partial charge in [-0.25, -0.2) is 0 Å². The monoisotopic (exact) mass is 403 g/mol. The Morgan fingerprint density at radius 3 is 2.90 bits per heavy atom. The Morgan fingerprint density at radius 2 is 2.10 bits per heavy atom. The van der Waals surface area contributed by atoms with Gasteiger partial charge in [0.05, 0.1) is 26.0 Å². The number of guanidine groups is 1. The lowest BCUT2D eigenvalue weighted by Gasteiger charge is -2.32. The highest BCUT2D eigenvalue weighted by molar-refractivity contribution is 5.80. The Balaban J connectivity index is 1.36. The molecule has 7 nitrogen and oxygen atoms in total. The summed E-state index contributed by atoms with van der Waals surface area (Å²) in [7, 11) is 0. The molecule has 2 atom stereocenters. The third-order valence-corrected chi connectivity index (χ3v) is 6.62. The Labute approximate surface area is 175 Å². The van der Waals surface area contributed by atoms with Crippen molar-refractivity contribution in [2.24, 2.45) is 4.99 Å². The highest BCUT2D eigenvalue weighted by atomic mass is 16.5. The number of rotatable bonds is 7. The molecule has 1 aromatic rings. The van der Waals surface area contributed by atoms with Gasteiger partial charge in [-0.3, -0.25) is 14.8 Å². The average Bonchev–Trinajstić information content (AvgIpc) is 3.53. The summed E-state index contributed by atoms with van der Waals surface area (Å²) in [6.45, 7) is 12.4. The molecular weight excluding hydrogens is 366 g/mol. The Bertz CT molecular complexity index is 629. The van der Waals surface area contributed by atoms with E-state index in [1.807, 2.05) is 12.1 Å². The van der Waals surface area contributed by atoms with Crippen LogP contribution in [0.3, 0.4) is 0 Å². The minimum absolute atomic E-state index is 0.597. The molecule has 1 N–H and O–H groups in total. The predicted octanol–water partition coefficient (Wildman–Crippen LogP) is 1.66. The van der Waals surface area contributed by atoms with Crippen LogP contribution in [-0.2, 0) is 11.2 Å². The van der Waals surface area contributed by atoms with Crippen LogP contribution in [0.2, 0.25) is 0 Å². The third kappa shape index (κ3) is 5.53. The van der Waals surface area contributed by atoms with E-state index in [0.29, 0.717) is 12.1 Å². The summed E-state index contributed by atoms with van der Waals surface area (Å²) < 4.78 is 11.0. The number of nitrogens with one attached hydrogen (secondary N) is 1. The molecule has 0 aromatic carbocycles. The molecule has 3 fully saturated rings. The third-order valence-electron chi connectivity index (χ3n) is 6.62. The molecule has 0 radical (unpaired) electrons. The molecule has 3 aliphatic rings. The maximum absolute atomic E-state index is 5.53. The van der Waals surface area contributed by atoms with Crippen molar-refractivity contribution < 1.29 is 9.15 Å². The fraction of sp³-hybridized carbons (Fsp3) is 0.773. The van der Waals surface area contributed by atoms with Gasteiger partial charge in [-0.2, -0.15) is 0 Å². The lowest BCUT2D eigenvalue weighted by molar-refractivity contribution is 0.0195. The second-order valence-electron chi connectivity index (χ2n) is 8.38. The number of likely N-dealkylation sites (N-methyl/N-ethyl adjacent to an activating group) is 1. The summed E-state index contributed by atoms with van der Waals surface area (Å²) in [6, 6.07) is 5.21. The molecule has 7 heteroatoms. The van der Waals surface area contributed by atoms with Crippen LogP contribution in [-0.4, -0.2) is 98.3 Å². The van der Waals surface area contributed by atoms with E-state index in [-0.39, 0.29) is 0 Å². The van der Waals surface area contributed by atoms with Crippen molar-refractivity contribution in [3.8, 4) is 0 Å². The molecule has 0 spiro atoms. The van der Waals surface area contributed by atoms with Crippen LogP contribution in [0.5, 0.6) is 0 Å². The molecule has 0 amide bonds. The minimum Gasteiger partial charge on any atom is -0.469 e. The predicted molar refractivity (Wildman–Crippen MR) is 115 cm³/mol. The zero-order valence-corrected chi connectivity index (χ0v) is 17.9. The second-order valence-corrected chi connectivity index (χ2v) is 8.38. The summed E-state index contributed by atoms with van der Waals surface area (Å²) in [5.41, 5.74) is 0. The van der Waals surface area contributed by atoms with Crippen LogP contribution in [0.25, 0.3) is 0 Å². The first kappa shape index (κ1) is 20.7. The fourth-order valence-corrected chi connectivity index (χ4v) is 4.90. The van der Waals surface area contributed by atoms with Crippen LogP contribution in [0, 0.1) is 0 Å². The van der Waals surface area contributed by atoms with Crippen LogP contribution in [0.4, 0.5) is 0 Å². The molecule has 0 aliphatic carbocycles. The maximum atomic E-state index is 5.53. The lowest BCUT2D eigenvalue weighted by atomic mass is 10.2. The van der Waals surface area contributed by atoms with Crippen LogP contribution in [0.15, 0.2) is 27.8 Å². The molecule has 162 valence electrons. The molecule has 0 bridgehead atoms. The topological polar surface area (TPSA) is 56.5 Å². The van der Waals surface area contributed by atoms with Gasteiger partial charge in [0.15, 0.2) is 5.96 Å². The fourth-order valence-electron chi connectivity index (χ4n) is 4.90. The van der Waals surface area contributed by atoms with E-state index in [2.05, 4.69) is 26.9 Å². The number of ether oxygens (including phenoxy) is 1. The summed E-state index contributed by atoms with van der Waals surface area (Å²) in [5.74, 6) is 2.10. The highest BCUT2D eigenvalue weighted by Crippen LogP contribution is 2.19. The second kappa shape index (κ2) is 10.5. The zero-order chi connectivity index (χ0) is 19.9. The molecule has 1 aromatic heterocycles. The number of hydrogen-bond donors (Lipinski definition) is 1. The van der Waals surface area contributed by atoms with Gasteiger partial charge in [0.25, 0.3) is 0 Å². The summed E-state index contributed by atoms with van der Waals surface area (Å²) in [5, 5.41) is 3.63. The van der Waals surface area contributed by atoms with Gasteiger partial charge in [-0.05, 0) is 44.5 Å². The van der Waals surface area contributed by atoms with E-state index in [9.17, 15) is 0 Å². The van der Waals surface area contributed by atoms with Gasteiger partial charge in [0.2, 0.25) is 0 Å². The number of aliphatic imine (C=N–C) groups is 1. The molecular formula is C22H37N5O2. The Morgan fingerprint density at radius 1 is 1.21 bits per heavy atom. The number of morpholine rings is 1. The Kier molecular flexibility index (Phi) is 7.46. The minimum atomic E-state index is 0.597. The standard InChI is InChI=1S/C22H37N5O2/c1-2-25-10-3-5-19(25)17-24-22(23-9-7-21-6-4-14-29-21)27-11-8-20(18-27)26-12-15-28-16-13-26/h4,6,14,19-20H,2-3,5,7-13,15-18H2,1H3,(H,23,24). The van der Waals surface area contributed by atoms with Crippen molar-refractivity contribution >= 4 is 5.96 Å². The number of nitrogens with zero attached hydrogens (tertiary/aromatic N) is 4. The number of hydrogen-bond acceptors (Lipinski definition) is 5. The van der Waals surface area contributed by atoms with Crippen LogP contribution < -0.4 is 5.32 Å². The molecule has 3 aliphatic heterocycles. The van der Waals surface area contributed by atoms with Gasteiger partial charge in [-0.1, -0.05) is 6.92 Å². The first-order chi connectivity index (χ1) is 14.3. The lowest BCUT2D eigenvalue weighted by Crippen LogP contribution is -2.47. The summed E-state index contributed by atoms with van der Waals surface area (Å²) in [4.78, 5) is 12.7. The van der Waals surface area contributed by atoms with E-state index >= 15 is 0 Å². The molecule has 4 heterocycles. The molecule has 3 saturated heterocycles. The van der Waals surface area contributed by atoms with Crippen molar-refractivity contribution in [2.45, 2.75) is 44.7 Å². The van der Waals surface area contributed by atoms with Crippen LogP contribution >= 0.6 is 0 Å². The van der Waals surface area contributed by atoms with Crippen molar-refractivity contribution in [3.05, 3.63) is 24.2 Å². The van der Waals surface area contributed by atoms with E-state index in [1.165, 1.54) is 25.8 Å². The number of likely N-dealkylation sites (tertiary alicyclic amines) is 2. The van der Waals surface area contributed by atoms with Gasteiger partial charge in [0, 0.05) is 51.2 Å². The highest BCUT2D eigenvalue weighted by Gasteiger charge is 2.31. The van der Waals surface area contributed by atoms with Crippen molar-refractivity contribution in [1.29, 1.82) is 0 Å². The average molecular weight is 404 g/mol. The van der Waals surface area contributed by atoms with Crippen LogP contribution in [0.1, 0.15) is 31.9 Å². The van der Waals surface area contributed by atoms with Gasteiger partial charge in [0.1, 0.15) is 5.76 Å². The normalized spacial score (nSPS) is 27.1.